The molecule has 5 nitrogen and oxygen atoms in total. The zero-order valence-electron chi connectivity index (χ0n) is 15.2. The van der Waals surface area contributed by atoms with E-state index in [1.54, 1.807) is 13.2 Å². The molecule has 0 aliphatic carbocycles. The maximum absolute atomic E-state index is 12.5. The number of hydrogen-bond acceptors (Lipinski definition) is 3. The molecule has 2 aromatic rings. The molecule has 6 heteroatoms. The fourth-order valence-electron chi connectivity index (χ4n) is 3.06. The third kappa shape index (κ3) is 4.48. The highest BCUT2D eigenvalue weighted by molar-refractivity contribution is 6.31. The summed E-state index contributed by atoms with van der Waals surface area (Å²) in [4.78, 5) is 16.6. The van der Waals surface area contributed by atoms with E-state index in [1.165, 1.54) is 5.56 Å². The minimum atomic E-state index is -0.0816. The van der Waals surface area contributed by atoms with Crippen LogP contribution in [-0.4, -0.2) is 49.1 Å². The molecule has 0 radical (unpaired) electrons. The largest absolute Gasteiger partial charge is 0.496 e. The summed E-state index contributed by atoms with van der Waals surface area (Å²) in [6.07, 6.45) is 0. The van der Waals surface area contributed by atoms with E-state index in [0.717, 1.165) is 36.6 Å². The third-order valence-electron chi connectivity index (χ3n) is 4.67. The second kappa shape index (κ2) is 8.43. The van der Waals surface area contributed by atoms with Crippen molar-refractivity contribution in [1.82, 2.24) is 9.80 Å². The van der Waals surface area contributed by atoms with Gasteiger partial charge in [-0.25, -0.2) is 4.79 Å². The molecular formula is C20H24ClN3O2. The molecule has 1 heterocycles. The number of urea groups is 1. The quantitative estimate of drug-likeness (QED) is 0.880. The van der Waals surface area contributed by atoms with E-state index in [2.05, 4.69) is 16.3 Å². The summed E-state index contributed by atoms with van der Waals surface area (Å²) in [5.74, 6) is 0.906. The number of amides is 2. The van der Waals surface area contributed by atoms with Crippen LogP contribution in [0.1, 0.15) is 11.1 Å². The van der Waals surface area contributed by atoms with E-state index in [-0.39, 0.29) is 6.03 Å². The Labute approximate surface area is 159 Å². The lowest BCUT2D eigenvalue weighted by Crippen LogP contribution is -2.49. The van der Waals surface area contributed by atoms with Gasteiger partial charge in [0.05, 0.1) is 7.11 Å². The first-order chi connectivity index (χ1) is 12.6. The van der Waals surface area contributed by atoms with Crippen molar-refractivity contribution in [3.8, 4) is 5.75 Å². The summed E-state index contributed by atoms with van der Waals surface area (Å²) >= 11 is 6.12. The Morgan fingerprint density at radius 3 is 2.58 bits per heavy atom. The van der Waals surface area contributed by atoms with Crippen molar-refractivity contribution in [3.63, 3.8) is 0 Å². The van der Waals surface area contributed by atoms with Crippen molar-refractivity contribution in [2.24, 2.45) is 0 Å². The van der Waals surface area contributed by atoms with Gasteiger partial charge in [0.25, 0.3) is 0 Å². The van der Waals surface area contributed by atoms with Gasteiger partial charge in [0.2, 0.25) is 0 Å². The fourth-order valence-corrected chi connectivity index (χ4v) is 3.24. The highest BCUT2D eigenvalue weighted by Gasteiger charge is 2.22. The number of carbonyl (C=O) groups is 1. The van der Waals surface area contributed by atoms with Gasteiger partial charge in [-0.15, -0.1) is 0 Å². The van der Waals surface area contributed by atoms with Crippen molar-refractivity contribution in [3.05, 3.63) is 58.6 Å². The molecule has 3 rings (SSSR count). The summed E-state index contributed by atoms with van der Waals surface area (Å²) in [6, 6.07) is 13.5. The van der Waals surface area contributed by atoms with Crippen molar-refractivity contribution < 1.29 is 9.53 Å². The van der Waals surface area contributed by atoms with E-state index >= 15 is 0 Å². The molecule has 1 saturated heterocycles. The number of nitrogens with zero attached hydrogens (tertiary/aromatic N) is 2. The molecule has 0 saturated carbocycles. The number of anilines is 1. The summed E-state index contributed by atoms with van der Waals surface area (Å²) < 4.78 is 5.42. The van der Waals surface area contributed by atoms with Gasteiger partial charge in [-0.1, -0.05) is 35.9 Å². The van der Waals surface area contributed by atoms with E-state index in [1.807, 2.05) is 42.2 Å². The number of hydrogen-bond donors (Lipinski definition) is 1. The number of para-hydroxylation sites is 1. The van der Waals surface area contributed by atoms with E-state index in [4.69, 9.17) is 16.3 Å². The van der Waals surface area contributed by atoms with Gasteiger partial charge in [0, 0.05) is 49.0 Å². The average molecular weight is 374 g/mol. The Morgan fingerprint density at radius 2 is 1.88 bits per heavy atom. The molecule has 1 fully saturated rings. The van der Waals surface area contributed by atoms with Gasteiger partial charge in [0.15, 0.2) is 0 Å². The maximum atomic E-state index is 12.5. The first-order valence-electron chi connectivity index (χ1n) is 8.73. The van der Waals surface area contributed by atoms with Crippen LogP contribution in [0.15, 0.2) is 42.5 Å². The molecule has 0 atom stereocenters. The second-order valence-electron chi connectivity index (χ2n) is 6.47. The molecule has 0 spiro atoms. The average Bonchev–Trinajstić information content (AvgIpc) is 2.66. The molecule has 1 N–H and O–H groups in total. The van der Waals surface area contributed by atoms with E-state index in [9.17, 15) is 4.79 Å². The van der Waals surface area contributed by atoms with Crippen LogP contribution >= 0.6 is 11.6 Å². The molecule has 1 aliphatic rings. The summed E-state index contributed by atoms with van der Waals surface area (Å²) in [5.41, 5.74) is 2.89. The number of benzene rings is 2. The number of carbonyl (C=O) groups excluding carboxylic acids is 1. The first kappa shape index (κ1) is 18.5. The minimum Gasteiger partial charge on any atom is -0.496 e. The van der Waals surface area contributed by atoms with Gasteiger partial charge in [0.1, 0.15) is 5.75 Å². The molecule has 2 amide bonds. The smallest absolute Gasteiger partial charge is 0.321 e. The summed E-state index contributed by atoms with van der Waals surface area (Å²) in [6.45, 7) is 5.82. The summed E-state index contributed by atoms with van der Waals surface area (Å²) in [7, 11) is 1.69. The lowest BCUT2D eigenvalue weighted by molar-refractivity contribution is 0.142. The standard InChI is InChI=1S/C20H24ClN3O2/c1-15-7-8-17(13-18(15)21)22-20(25)24-11-9-23(10-12-24)14-16-5-3-4-6-19(16)26-2/h3-8,13H,9-12,14H2,1-2H3,(H,22,25). The van der Waals surface area contributed by atoms with Crippen molar-refractivity contribution in [2.45, 2.75) is 13.5 Å². The van der Waals surface area contributed by atoms with Crippen LogP contribution < -0.4 is 10.1 Å². The first-order valence-corrected chi connectivity index (χ1v) is 9.11. The number of methoxy groups -OCH3 is 1. The van der Waals surface area contributed by atoms with Crippen LogP contribution in [0.25, 0.3) is 0 Å². The van der Waals surface area contributed by atoms with Gasteiger partial charge in [-0.3, -0.25) is 4.90 Å². The molecule has 0 unspecified atom stereocenters. The molecule has 0 bridgehead atoms. The number of piperazine rings is 1. The van der Waals surface area contributed by atoms with Gasteiger partial charge >= 0.3 is 6.03 Å². The topological polar surface area (TPSA) is 44.8 Å². The molecule has 26 heavy (non-hydrogen) atoms. The number of aryl methyl sites for hydroxylation is 1. The van der Waals surface area contributed by atoms with Crippen LogP contribution in [0.2, 0.25) is 5.02 Å². The predicted octanol–water partition coefficient (Wildman–Crippen LogP) is 4.01. The zero-order valence-corrected chi connectivity index (χ0v) is 15.9. The Morgan fingerprint density at radius 1 is 1.15 bits per heavy atom. The molecular weight excluding hydrogens is 350 g/mol. The van der Waals surface area contributed by atoms with Crippen LogP contribution in [0.3, 0.4) is 0 Å². The van der Waals surface area contributed by atoms with Gasteiger partial charge in [-0.05, 0) is 30.7 Å². The number of rotatable bonds is 4. The SMILES string of the molecule is COc1ccccc1CN1CCN(C(=O)Nc2ccc(C)c(Cl)c2)CC1. The van der Waals surface area contributed by atoms with Crippen molar-refractivity contribution >= 4 is 23.3 Å². The Hall–Kier alpha value is -2.24. The maximum Gasteiger partial charge on any atom is 0.321 e. The Bertz CT molecular complexity index is 773. The zero-order chi connectivity index (χ0) is 18.5. The summed E-state index contributed by atoms with van der Waals surface area (Å²) in [5, 5.41) is 3.58. The van der Waals surface area contributed by atoms with Crippen molar-refractivity contribution in [1.29, 1.82) is 0 Å². The van der Waals surface area contributed by atoms with Crippen LogP contribution in [0.4, 0.5) is 10.5 Å². The normalized spacial score (nSPS) is 15.0. The highest BCUT2D eigenvalue weighted by Crippen LogP contribution is 2.22. The molecule has 0 aromatic heterocycles. The van der Waals surface area contributed by atoms with Crippen molar-refractivity contribution in [2.75, 3.05) is 38.6 Å². The Kier molecular flexibility index (Phi) is 6.01. The third-order valence-corrected chi connectivity index (χ3v) is 5.08. The van der Waals surface area contributed by atoms with E-state index < -0.39 is 0 Å². The number of ether oxygens (including phenoxy) is 1. The van der Waals surface area contributed by atoms with Gasteiger partial charge < -0.3 is 15.0 Å². The number of nitrogens with one attached hydrogen (secondary N) is 1. The second-order valence-corrected chi connectivity index (χ2v) is 6.88. The monoisotopic (exact) mass is 373 g/mol. The fraction of sp³-hybridized carbons (Fsp3) is 0.350. The lowest BCUT2D eigenvalue weighted by atomic mass is 10.1. The van der Waals surface area contributed by atoms with Crippen LogP contribution in [0.5, 0.6) is 5.75 Å². The molecule has 138 valence electrons. The van der Waals surface area contributed by atoms with Gasteiger partial charge in [-0.2, -0.15) is 0 Å². The van der Waals surface area contributed by atoms with Crippen LogP contribution in [-0.2, 0) is 6.54 Å². The van der Waals surface area contributed by atoms with Crippen LogP contribution in [0, 0.1) is 6.92 Å². The Balaban J connectivity index is 1.53. The lowest BCUT2D eigenvalue weighted by Gasteiger charge is -2.34. The number of halogens is 1. The van der Waals surface area contributed by atoms with E-state index in [0.29, 0.717) is 18.1 Å². The molecule has 1 aliphatic heterocycles. The minimum absolute atomic E-state index is 0.0816. The molecule has 2 aromatic carbocycles. The predicted molar refractivity (Wildman–Crippen MR) is 105 cm³/mol. The highest BCUT2D eigenvalue weighted by atomic mass is 35.5.